The standard InChI is InChI=1S/C24H22N4O2/c1-17-13-19(10-9-18-7-8-18)11-12-22(17)23-16-27(26-25-23)14-21-15-28(24(29)30-21)20-5-3-2-4-6-20/h2-6,11-13,16,18,21H,7-8,14-15H2,1H3/t21-/m0/s1. The van der Waals surface area contributed by atoms with Crippen LogP contribution in [0.15, 0.2) is 54.7 Å². The van der Waals surface area contributed by atoms with Gasteiger partial charge >= 0.3 is 6.09 Å². The van der Waals surface area contributed by atoms with Gasteiger partial charge in [0.25, 0.3) is 0 Å². The molecule has 0 N–H and O–H groups in total. The first-order valence-corrected chi connectivity index (χ1v) is 10.2. The molecule has 1 aliphatic heterocycles. The summed E-state index contributed by atoms with van der Waals surface area (Å²) in [6.07, 6.45) is 3.76. The highest BCUT2D eigenvalue weighted by atomic mass is 16.6. The van der Waals surface area contributed by atoms with Crippen molar-refractivity contribution in [3.8, 4) is 23.1 Å². The van der Waals surface area contributed by atoms with E-state index < -0.39 is 0 Å². The monoisotopic (exact) mass is 398 g/mol. The van der Waals surface area contributed by atoms with Gasteiger partial charge in [0.15, 0.2) is 0 Å². The maximum absolute atomic E-state index is 12.2. The third-order valence-corrected chi connectivity index (χ3v) is 5.37. The molecule has 1 atom stereocenters. The quantitative estimate of drug-likeness (QED) is 0.623. The zero-order valence-corrected chi connectivity index (χ0v) is 16.8. The van der Waals surface area contributed by atoms with Crippen LogP contribution in [0.3, 0.4) is 0 Å². The molecule has 2 heterocycles. The SMILES string of the molecule is Cc1cc(C#CC2CC2)ccc1-c1cn(C[C@H]2CN(c3ccccc3)C(=O)O2)nn1. The van der Waals surface area contributed by atoms with Crippen LogP contribution in [-0.4, -0.2) is 33.7 Å². The Morgan fingerprint density at radius 3 is 2.77 bits per heavy atom. The van der Waals surface area contributed by atoms with E-state index in [9.17, 15) is 4.79 Å². The number of cyclic esters (lactones) is 1. The van der Waals surface area contributed by atoms with Gasteiger partial charge in [-0.1, -0.05) is 41.3 Å². The Balaban J connectivity index is 1.27. The van der Waals surface area contributed by atoms with Gasteiger partial charge in [-0.2, -0.15) is 0 Å². The van der Waals surface area contributed by atoms with Gasteiger partial charge in [-0.25, -0.2) is 9.48 Å². The van der Waals surface area contributed by atoms with Crippen molar-refractivity contribution in [3.63, 3.8) is 0 Å². The number of aryl methyl sites for hydroxylation is 1. The lowest BCUT2D eigenvalue weighted by Gasteiger charge is -2.12. The summed E-state index contributed by atoms with van der Waals surface area (Å²) in [5.74, 6) is 7.14. The summed E-state index contributed by atoms with van der Waals surface area (Å²) in [4.78, 5) is 13.9. The van der Waals surface area contributed by atoms with Gasteiger partial charge in [-0.15, -0.1) is 5.10 Å². The summed E-state index contributed by atoms with van der Waals surface area (Å²) in [7, 11) is 0. The first kappa shape index (κ1) is 18.4. The molecule has 6 nitrogen and oxygen atoms in total. The van der Waals surface area contributed by atoms with E-state index in [0.717, 1.165) is 28.1 Å². The molecule has 6 heteroatoms. The summed E-state index contributed by atoms with van der Waals surface area (Å²) >= 11 is 0. The van der Waals surface area contributed by atoms with E-state index in [0.29, 0.717) is 19.0 Å². The topological polar surface area (TPSA) is 60.2 Å². The van der Waals surface area contributed by atoms with Crippen molar-refractivity contribution < 1.29 is 9.53 Å². The highest BCUT2D eigenvalue weighted by molar-refractivity contribution is 5.89. The Kier molecular flexibility index (Phi) is 4.72. The molecule has 0 radical (unpaired) electrons. The summed E-state index contributed by atoms with van der Waals surface area (Å²) in [5.41, 5.74) is 4.83. The molecular weight excluding hydrogens is 376 g/mol. The van der Waals surface area contributed by atoms with E-state index in [1.165, 1.54) is 12.8 Å². The predicted molar refractivity (Wildman–Crippen MR) is 114 cm³/mol. The lowest BCUT2D eigenvalue weighted by Crippen LogP contribution is -2.25. The highest BCUT2D eigenvalue weighted by Gasteiger charge is 2.32. The molecule has 2 fully saturated rings. The lowest BCUT2D eigenvalue weighted by atomic mass is 10.0. The molecule has 30 heavy (non-hydrogen) atoms. The maximum atomic E-state index is 12.2. The number of amides is 1. The number of aromatic nitrogens is 3. The van der Waals surface area contributed by atoms with Crippen LogP contribution in [0.4, 0.5) is 10.5 Å². The van der Waals surface area contributed by atoms with Crippen LogP contribution >= 0.6 is 0 Å². The zero-order chi connectivity index (χ0) is 20.5. The van der Waals surface area contributed by atoms with Gasteiger partial charge in [-0.3, -0.25) is 4.90 Å². The minimum atomic E-state index is -0.328. The summed E-state index contributed by atoms with van der Waals surface area (Å²) in [6.45, 7) is 3.02. The van der Waals surface area contributed by atoms with Gasteiger partial charge in [0, 0.05) is 22.7 Å². The minimum absolute atomic E-state index is 0.270. The Morgan fingerprint density at radius 2 is 2.00 bits per heavy atom. The number of carbonyl (C=O) groups excluding carboxylic acids is 1. The zero-order valence-electron chi connectivity index (χ0n) is 16.8. The highest BCUT2D eigenvalue weighted by Crippen LogP contribution is 2.28. The number of para-hydroxylation sites is 1. The first-order valence-electron chi connectivity index (χ1n) is 10.2. The average Bonchev–Trinajstić information content (AvgIpc) is 3.36. The molecular formula is C24H22N4O2. The van der Waals surface area contributed by atoms with E-state index in [1.807, 2.05) is 48.7 Å². The van der Waals surface area contributed by atoms with Crippen molar-refractivity contribution in [1.29, 1.82) is 0 Å². The fourth-order valence-corrected chi connectivity index (χ4v) is 3.60. The number of ether oxygens (including phenoxy) is 1. The Bertz CT molecular complexity index is 1140. The number of benzene rings is 2. The average molecular weight is 398 g/mol. The van der Waals surface area contributed by atoms with Gasteiger partial charge < -0.3 is 4.74 Å². The number of nitrogens with zero attached hydrogens (tertiary/aromatic N) is 4. The fraction of sp³-hybridized carbons (Fsp3) is 0.292. The van der Waals surface area contributed by atoms with Crippen molar-refractivity contribution in [2.24, 2.45) is 5.92 Å². The second kappa shape index (κ2) is 7.68. The van der Waals surface area contributed by atoms with Gasteiger partial charge in [0.1, 0.15) is 11.8 Å². The largest absolute Gasteiger partial charge is 0.442 e. The molecule has 1 aliphatic carbocycles. The number of carbonyl (C=O) groups is 1. The summed E-state index contributed by atoms with van der Waals surface area (Å²) < 4.78 is 7.26. The first-order chi connectivity index (χ1) is 14.7. The molecule has 2 aromatic carbocycles. The molecule has 1 aromatic heterocycles. The van der Waals surface area contributed by atoms with Gasteiger partial charge in [-0.05, 0) is 49.6 Å². The van der Waals surface area contributed by atoms with E-state index in [4.69, 9.17) is 4.74 Å². The molecule has 0 bridgehead atoms. The Labute approximate surface area is 175 Å². The Morgan fingerprint density at radius 1 is 1.17 bits per heavy atom. The summed E-state index contributed by atoms with van der Waals surface area (Å²) in [6, 6.07) is 15.7. The lowest BCUT2D eigenvalue weighted by molar-refractivity contribution is 0.129. The third kappa shape index (κ3) is 3.92. The number of anilines is 1. The Hall–Kier alpha value is -3.59. The second-order valence-electron chi connectivity index (χ2n) is 7.85. The molecule has 3 aromatic rings. The third-order valence-electron chi connectivity index (χ3n) is 5.37. The fourth-order valence-electron chi connectivity index (χ4n) is 3.60. The normalized spacial score (nSPS) is 18.1. The predicted octanol–water partition coefficient (Wildman–Crippen LogP) is 4.04. The van der Waals surface area contributed by atoms with E-state index >= 15 is 0 Å². The van der Waals surface area contributed by atoms with Crippen molar-refractivity contribution in [1.82, 2.24) is 15.0 Å². The molecule has 1 saturated carbocycles. The molecule has 1 saturated heterocycles. The van der Waals surface area contributed by atoms with Crippen LogP contribution in [0.25, 0.3) is 11.3 Å². The van der Waals surface area contributed by atoms with E-state index in [-0.39, 0.29) is 12.2 Å². The molecule has 0 unspecified atom stereocenters. The smallest absolute Gasteiger partial charge is 0.414 e. The van der Waals surface area contributed by atoms with Crippen molar-refractivity contribution in [2.75, 3.05) is 11.4 Å². The molecule has 0 spiro atoms. The van der Waals surface area contributed by atoms with Crippen LogP contribution in [0, 0.1) is 24.7 Å². The van der Waals surface area contributed by atoms with Gasteiger partial charge in [0.2, 0.25) is 0 Å². The summed E-state index contributed by atoms with van der Waals surface area (Å²) in [5, 5.41) is 8.56. The van der Waals surface area contributed by atoms with Crippen molar-refractivity contribution in [2.45, 2.75) is 32.4 Å². The van der Waals surface area contributed by atoms with Crippen molar-refractivity contribution in [3.05, 3.63) is 65.9 Å². The van der Waals surface area contributed by atoms with Crippen molar-refractivity contribution >= 4 is 11.8 Å². The minimum Gasteiger partial charge on any atom is -0.442 e. The van der Waals surface area contributed by atoms with Crippen LogP contribution in [0.2, 0.25) is 0 Å². The van der Waals surface area contributed by atoms with Crippen LogP contribution in [-0.2, 0) is 11.3 Å². The van der Waals surface area contributed by atoms with E-state index in [1.54, 1.807) is 9.58 Å². The van der Waals surface area contributed by atoms with Gasteiger partial charge in [0.05, 0.1) is 19.3 Å². The van der Waals surface area contributed by atoms with Crippen LogP contribution in [0.1, 0.15) is 24.0 Å². The second-order valence-corrected chi connectivity index (χ2v) is 7.85. The van der Waals surface area contributed by atoms with Crippen LogP contribution < -0.4 is 4.90 Å². The molecule has 5 rings (SSSR count). The number of hydrogen-bond donors (Lipinski definition) is 0. The van der Waals surface area contributed by atoms with Crippen LogP contribution in [0.5, 0.6) is 0 Å². The number of rotatable bonds is 4. The number of hydrogen-bond acceptors (Lipinski definition) is 4. The molecule has 2 aliphatic rings. The molecule has 150 valence electrons. The maximum Gasteiger partial charge on any atom is 0.414 e. The molecule has 1 amide bonds. The van der Waals surface area contributed by atoms with E-state index in [2.05, 4.69) is 35.1 Å².